The van der Waals surface area contributed by atoms with Crippen LogP contribution in [0, 0.1) is 17.7 Å². The Bertz CT molecular complexity index is 768. The zero-order chi connectivity index (χ0) is 16.0. The lowest BCUT2D eigenvalue weighted by Gasteiger charge is -2.22. The molecule has 0 amide bonds. The minimum atomic E-state index is -0.230. The van der Waals surface area contributed by atoms with E-state index in [2.05, 4.69) is 57.7 Å². The van der Waals surface area contributed by atoms with E-state index in [-0.39, 0.29) is 16.6 Å². The van der Waals surface area contributed by atoms with Gasteiger partial charge >= 0.3 is 0 Å². The van der Waals surface area contributed by atoms with Gasteiger partial charge in [-0.05, 0) is 64.8 Å². The molecule has 0 spiro atoms. The summed E-state index contributed by atoms with van der Waals surface area (Å²) in [5.41, 5.74) is 5.11. The molecular weight excluding hydrogens is 271 g/mol. The molecule has 0 aliphatic heterocycles. The van der Waals surface area contributed by atoms with Gasteiger partial charge in [0.05, 0.1) is 0 Å². The molecule has 0 saturated carbocycles. The van der Waals surface area contributed by atoms with Gasteiger partial charge in [0.2, 0.25) is 0 Å². The highest BCUT2D eigenvalue weighted by atomic mass is 19.1. The molecule has 112 valence electrons. The van der Waals surface area contributed by atoms with Gasteiger partial charge in [0.25, 0.3) is 0 Å². The Hall–Kier alpha value is -2.07. The first-order chi connectivity index (χ1) is 10.3. The normalized spacial score (nSPS) is 17.5. The Kier molecular flexibility index (Phi) is 3.37. The molecule has 1 aliphatic rings. The van der Waals surface area contributed by atoms with Crippen molar-refractivity contribution >= 4 is 0 Å². The zero-order valence-corrected chi connectivity index (χ0v) is 13.6. The molecule has 0 bridgehead atoms. The monoisotopic (exact) mass is 292 g/mol. The van der Waals surface area contributed by atoms with Crippen molar-refractivity contribution in [2.24, 2.45) is 0 Å². The molecule has 0 fully saturated rings. The van der Waals surface area contributed by atoms with Crippen molar-refractivity contribution in [3.63, 3.8) is 0 Å². The van der Waals surface area contributed by atoms with E-state index in [4.69, 9.17) is 0 Å². The predicted molar refractivity (Wildman–Crippen MR) is 89.5 cm³/mol. The van der Waals surface area contributed by atoms with Crippen LogP contribution in [0.1, 0.15) is 56.4 Å². The summed E-state index contributed by atoms with van der Waals surface area (Å²) in [6.07, 6.45) is 1.16. The molecule has 0 saturated heterocycles. The van der Waals surface area contributed by atoms with Gasteiger partial charge < -0.3 is 0 Å². The van der Waals surface area contributed by atoms with Crippen LogP contribution in [-0.2, 0) is 10.8 Å². The second-order valence-corrected chi connectivity index (χ2v) is 7.46. The maximum atomic E-state index is 12.9. The highest BCUT2D eigenvalue weighted by molar-refractivity contribution is 5.51. The molecule has 2 aromatic carbocycles. The fourth-order valence-electron chi connectivity index (χ4n) is 3.74. The van der Waals surface area contributed by atoms with E-state index in [0.29, 0.717) is 0 Å². The first-order valence-corrected chi connectivity index (χ1v) is 7.71. The lowest BCUT2D eigenvalue weighted by Crippen LogP contribution is -2.17. The lowest BCUT2D eigenvalue weighted by atomic mass is 9.82. The standard InChI is InChI=1S/C21H21F/c1-20(2)14-21(3,4)19-13-16(9-12-18(19)20)6-5-15-7-10-17(22)11-8-15/h7-13H,14H2,1-4H3. The molecule has 0 radical (unpaired) electrons. The Labute approximate surface area is 132 Å². The van der Waals surface area contributed by atoms with Gasteiger partial charge in [-0.1, -0.05) is 45.6 Å². The second-order valence-electron chi connectivity index (χ2n) is 7.46. The van der Waals surface area contributed by atoms with Crippen LogP contribution in [0.15, 0.2) is 42.5 Å². The van der Waals surface area contributed by atoms with Crippen molar-refractivity contribution in [3.05, 3.63) is 70.5 Å². The molecule has 0 heterocycles. The van der Waals surface area contributed by atoms with Crippen molar-refractivity contribution in [2.45, 2.75) is 44.9 Å². The van der Waals surface area contributed by atoms with Crippen molar-refractivity contribution < 1.29 is 4.39 Å². The summed E-state index contributed by atoms with van der Waals surface area (Å²) >= 11 is 0. The van der Waals surface area contributed by atoms with Gasteiger partial charge in [0, 0.05) is 11.1 Å². The Balaban J connectivity index is 1.97. The molecule has 0 unspecified atom stereocenters. The van der Waals surface area contributed by atoms with Gasteiger partial charge in [0.15, 0.2) is 0 Å². The summed E-state index contributed by atoms with van der Waals surface area (Å²) < 4.78 is 12.9. The largest absolute Gasteiger partial charge is 0.207 e. The van der Waals surface area contributed by atoms with E-state index in [1.165, 1.54) is 23.3 Å². The fourth-order valence-corrected chi connectivity index (χ4v) is 3.74. The Morgan fingerprint density at radius 1 is 0.773 bits per heavy atom. The van der Waals surface area contributed by atoms with E-state index in [1.54, 1.807) is 12.1 Å². The molecule has 0 aromatic heterocycles. The molecule has 0 atom stereocenters. The molecule has 2 aromatic rings. The number of hydrogen-bond acceptors (Lipinski definition) is 0. The minimum absolute atomic E-state index is 0.187. The van der Waals surface area contributed by atoms with Crippen molar-refractivity contribution in [2.75, 3.05) is 0 Å². The van der Waals surface area contributed by atoms with Crippen molar-refractivity contribution in [3.8, 4) is 11.8 Å². The smallest absolute Gasteiger partial charge is 0.123 e. The van der Waals surface area contributed by atoms with E-state index < -0.39 is 0 Å². The minimum Gasteiger partial charge on any atom is -0.207 e. The van der Waals surface area contributed by atoms with Crippen LogP contribution < -0.4 is 0 Å². The average molecular weight is 292 g/mol. The second kappa shape index (κ2) is 4.99. The molecular formula is C21H21F. The van der Waals surface area contributed by atoms with E-state index in [0.717, 1.165) is 17.5 Å². The maximum Gasteiger partial charge on any atom is 0.123 e. The third kappa shape index (κ3) is 2.66. The molecule has 22 heavy (non-hydrogen) atoms. The molecule has 0 nitrogen and oxygen atoms in total. The predicted octanol–water partition coefficient (Wildman–Crippen LogP) is 5.18. The molecule has 0 N–H and O–H groups in total. The first-order valence-electron chi connectivity index (χ1n) is 7.71. The van der Waals surface area contributed by atoms with Gasteiger partial charge in [-0.15, -0.1) is 0 Å². The van der Waals surface area contributed by atoms with Crippen LogP contribution in [0.2, 0.25) is 0 Å². The molecule has 1 heteroatoms. The number of fused-ring (bicyclic) bond motifs is 1. The average Bonchev–Trinajstić information content (AvgIpc) is 2.63. The van der Waals surface area contributed by atoms with Gasteiger partial charge in [0.1, 0.15) is 5.82 Å². The fraction of sp³-hybridized carbons (Fsp3) is 0.333. The highest BCUT2D eigenvalue weighted by Gasteiger charge is 2.41. The van der Waals surface area contributed by atoms with Crippen LogP contribution in [0.4, 0.5) is 4.39 Å². The summed E-state index contributed by atoms with van der Waals surface area (Å²) in [5, 5.41) is 0. The lowest BCUT2D eigenvalue weighted by molar-refractivity contribution is 0.403. The number of hydrogen-bond donors (Lipinski definition) is 0. The van der Waals surface area contributed by atoms with Crippen LogP contribution in [-0.4, -0.2) is 0 Å². The van der Waals surface area contributed by atoms with Crippen molar-refractivity contribution in [1.82, 2.24) is 0 Å². The number of rotatable bonds is 0. The van der Waals surface area contributed by atoms with Crippen LogP contribution in [0.5, 0.6) is 0 Å². The topological polar surface area (TPSA) is 0 Å². The third-order valence-corrected chi connectivity index (χ3v) is 4.56. The van der Waals surface area contributed by atoms with E-state index >= 15 is 0 Å². The first kappa shape index (κ1) is 14.9. The zero-order valence-electron chi connectivity index (χ0n) is 13.6. The van der Waals surface area contributed by atoms with Crippen LogP contribution >= 0.6 is 0 Å². The van der Waals surface area contributed by atoms with Gasteiger partial charge in [-0.3, -0.25) is 0 Å². The highest BCUT2D eigenvalue weighted by Crippen LogP contribution is 2.49. The molecule has 1 aliphatic carbocycles. The SMILES string of the molecule is CC1(C)CC(C)(C)c2cc(C#Cc3ccc(F)cc3)ccc21. The van der Waals surface area contributed by atoms with Crippen molar-refractivity contribution in [1.29, 1.82) is 0 Å². The summed E-state index contributed by atoms with van der Waals surface area (Å²) in [6.45, 7) is 9.23. The summed E-state index contributed by atoms with van der Waals surface area (Å²) in [7, 11) is 0. The van der Waals surface area contributed by atoms with E-state index in [9.17, 15) is 4.39 Å². The quantitative estimate of drug-likeness (QED) is 0.587. The molecule has 3 rings (SSSR count). The van der Waals surface area contributed by atoms with Crippen LogP contribution in [0.25, 0.3) is 0 Å². The summed E-state index contributed by atoms with van der Waals surface area (Å²) in [6, 6.07) is 12.8. The Morgan fingerprint density at radius 3 is 2.00 bits per heavy atom. The van der Waals surface area contributed by atoms with Gasteiger partial charge in [-0.2, -0.15) is 0 Å². The third-order valence-electron chi connectivity index (χ3n) is 4.56. The maximum absolute atomic E-state index is 12.9. The Morgan fingerprint density at radius 2 is 1.32 bits per heavy atom. The van der Waals surface area contributed by atoms with E-state index in [1.807, 2.05) is 0 Å². The summed E-state index contributed by atoms with van der Waals surface area (Å²) in [4.78, 5) is 0. The summed E-state index contributed by atoms with van der Waals surface area (Å²) in [5.74, 6) is 6.08. The number of halogens is 1. The van der Waals surface area contributed by atoms with Crippen LogP contribution in [0.3, 0.4) is 0 Å². The number of benzene rings is 2. The van der Waals surface area contributed by atoms with Gasteiger partial charge in [-0.25, -0.2) is 4.39 Å².